The first-order valence-electron chi connectivity index (χ1n) is 2.00. The Morgan fingerprint density at radius 1 is 1.62 bits per heavy atom. The van der Waals surface area contributed by atoms with Crippen LogP contribution in [0, 0.1) is 0 Å². The Kier molecular flexibility index (Phi) is 3.02. The summed E-state index contributed by atoms with van der Waals surface area (Å²) in [5.74, 6) is -0.613. The minimum absolute atomic E-state index is 0.133. The fourth-order valence-corrected chi connectivity index (χ4v) is 0.443. The molecule has 0 fully saturated rings. The highest BCUT2D eigenvalue weighted by molar-refractivity contribution is 7.62. The smallest absolute Gasteiger partial charge is 0.272 e. The summed E-state index contributed by atoms with van der Waals surface area (Å²) < 4.78 is 21.8. The summed E-state index contributed by atoms with van der Waals surface area (Å²) in [6, 6.07) is 0. The van der Waals surface area contributed by atoms with Crippen LogP contribution < -0.4 is 0 Å². The van der Waals surface area contributed by atoms with Crippen LogP contribution in [-0.4, -0.2) is 14.3 Å². The van der Waals surface area contributed by atoms with Crippen LogP contribution in [0.1, 0.15) is 13.3 Å². The van der Waals surface area contributed by atoms with Gasteiger partial charge in [-0.3, -0.25) is 4.79 Å². The van der Waals surface area contributed by atoms with Crippen LogP contribution in [-0.2, 0) is 15.3 Å². The molecule has 0 aliphatic carbocycles. The van der Waals surface area contributed by atoms with Crippen molar-refractivity contribution in [3.05, 3.63) is 0 Å². The number of amides is 1. The van der Waals surface area contributed by atoms with Gasteiger partial charge in [0.15, 0.2) is 0 Å². The van der Waals surface area contributed by atoms with Gasteiger partial charge < -0.3 is 0 Å². The van der Waals surface area contributed by atoms with Gasteiger partial charge in [-0.15, -0.1) is 0 Å². The van der Waals surface area contributed by atoms with Crippen molar-refractivity contribution in [1.82, 2.24) is 0 Å². The topological polar surface area (TPSA) is 63.6 Å². The predicted octanol–water partition coefficient (Wildman–Crippen LogP) is -0.0143. The monoisotopic (exact) mass is 135 g/mol. The van der Waals surface area contributed by atoms with Crippen LogP contribution >= 0.6 is 0 Å². The fraction of sp³-hybridized carbons (Fsp3) is 0.667. The number of hydrogen-bond acceptors (Lipinski definition) is 3. The van der Waals surface area contributed by atoms with Gasteiger partial charge in [0.2, 0.25) is 0 Å². The van der Waals surface area contributed by atoms with Gasteiger partial charge >= 0.3 is 10.5 Å². The standard InChI is InChI=1S/C3H5NO3S/c1-2-3(5)4-8(6)7/h2H2,1H3. The summed E-state index contributed by atoms with van der Waals surface area (Å²) in [5.41, 5.74) is 0. The molecule has 0 atom stereocenters. The molecule has 0 N–H and O–H groups in total. The molecule has 0 bridgehead atoms. The highest BCUT2D eigenvalue weighted by atomic mass is 32.2. The van der Waals surface area contributed by atoms with E-state index >= 15 is 0 Å². The number of carbonyl (C=O) groups excluding carboxylic acids is 1. The van der Waals surface area contributed by atoms with E-state index in [1.807, 2.05) is 0 Å². The molecule has 0 aliphatic heterocycles. The molecular weight excluding hydrogens is 130 g/mol. The van der Waals surface area contributed by atoms with Gasteiger partial charge in [0.1, 0.15) is 0 Å². The van der Waals surface area contributed by atoms with Gasteiger partial charge in [-0.2, -0.15) is 8.42 Å². The molecule has 0 saturated heterocycles. The maximum absolute atomic E-state index is 10.1. The van der Waals surface area contributed by atoms with E-state index in [-0.39, 0.29) is 6.42 Å². The van der Waals surface area contributed by atoms with Gasteiger partial charge in [-0.05, 0) is 0 Å². The maximum atomic E-state index is 10.1. The van der Waals surface area contributed by atoms with E-state index in [4.69, 9.17) is 0 Å². The molecule has 0 radical (unpaired) electrons. The van der Waals surface area contributed by atoms with Gasteiger partial charge in [-0.1, -0.05) is 11.3 Å². The van der Waals surface area contributed by atoms with Crippen LogP contribution in [0.25, 0.3) is 0 Å². The predicted molar refractivity (Wildman–Crippen MR) is 26.6 cm³/mol. The lowest BCUT2D eigenvalue weighted by Gasteiger charge is -1.73. The molecule has 8 heavy (non-hydrogen) atoms. The summed E-state index contributed by atoms with van der Waals surface area (Å²) in [5, 5.41) is 0. The Morgan fingerprint density at radius 2 is 2.12 bits per heavy atom. The third kappa shape index (κ3) is 3.48. The second kappa shape index (κ2) is 3.31. The maximum Gasteiger partial charge on any atom is 0.319 e. The minimum atomic E-state index is -2.57. The molecule has 4 nitrogen and oxygen atoms in total. The molecule has 0 unspecified atom stereocenters. The van der Waals surface area contributed by atoms with Crippen LogP contribution in [0.5, 0.6) is 0 Å². The second-order valence-electron chi connectivity index (χ2n) is 1.06. The van der Waals surface area contributed by atoms with Crippen molar-refractivity contribution in [3.8, 4) is 0 Å². The molecule has 1 amide bonds. The van der Waals surface area contributed by atoms with Crippen LogP contribution in [0.3, 0.4) is 0 Å². The molecule has 5 heteroatoms. The first-order chi connectivity index (χ1) is 3.66. The van der Waals surface area contributed by atoms with Crippen molar-refractivity contribution in [2.75, 3.05) is 0 Å². The molecule has 0 saturated carbocycles. The zero-order valence-corrected chi connectivity index (χ0v) is 5.10. The number of rotatable bonds is 1. The van der Waals surface area contributed by atoms with E-state index in [1.165, 1.54) is 0 Å². The summed E-state index contributed by atoms with van der Waals surface area (Å²) in [7, 11) is -2.57. The average Bonchev–Trinajstić information content (AvgIpc) is 1.65. The van der Waals surface area contributed by atoms with Gasteiger partial charge in [0.25, 0.3) is 5.91 Å². The molecule has 0 aromatic rings. The Morgan fingerprint density at radius 3 is 2.25 bits per heavy atom. The molecule has 0 heterocycles. The molecule has 0 spiro atoms. The lowest BCUT2D eigenvalue weighted by Crippen LogP contribution is -1.85. The lowest BCUT2D eigenvalue weighted by atomic mass is 10.5. The highest BCUT2D eigenvalue weighted by Crippen LogP contribution is 1.78. The highest BCUT2D eigenvalue weighted by Gasteiger charge is 1.89. The van der Waals surface area contributed by atoms with E-state index in [9.17, 15) is 13.2 Å². The van der Waals surface area contributed by atoms with Crippen molar-refractivity contribution in [2.24, 2.45) is 4.36 Å². The van der Waals surface area contributed by atoms with E-state index < -0.39 is 16.4 Å². The summed E-state index contributed by atoms with van der Waals surface area (Å²) in [6.45, 7) is 1.54. The summed E-state index contributed by atoms with van der Waals surface area (Å²) in [4.78, 5) is 10.1. The Balaban J connectivity index is 4.12. The quantitative estimate of drug-likeness (QED) is 0.507. The fourth-order valence-electron chi connectivity index (χ4n) is 0.148. The van der Waals surface area contributed by atoms with Crippen molar-refractivity contribution >= 4 is 16.4 Å². The third-order valence-corrected chi connectivity index (χ3v) is 0.832. The Labute approximate surface area is 48.2 Å². The molecule has 0 aliphatic rings. The first-order valence-corrected chi connectivity index (χ1v) is 3.04. The lowest BCUT2D eigenvalue weighted by molar-refractivity contribution is -0.117. The summed E-state index contributed by atoms with van der Waals surface area (Å²) in [6.07, 6.45) is 0.133. The number of carbonyl (C=O) groups is 1. The largest absolute Gasteiger partial charge is 0.319 e. The molecule has 46 valence electrons. The number of nitrogens with zero attached hydrogens (tertiary/aromatic N) is 1. The molecule has 0 rings (SSSR count). The molecule has 0 aromatic carbocycles. The van der Waals surface area contributed by atoms with Gasteiger partial charge in [-0.25, -0.2) is 0 Å². The van der Waals surface area contributed by atoms with Crippen LogP contribution in [0.2, 0.25) is 0 Å². The Bertz CT molecular complexity index is 195. The van der Waals surface area contributed by atoms with Crippen LogP contribution in [0.15, 0.2) is 4.36 Å². The van der Waals surface area contributed by atoms with E-state index in [0.29, 0.717) is 0 Å². The van der Waals surface area contributed by atoms with Crippen molar-refractivity contribution in [1.29, 1.82) is 0 Å². The van der Waals surface area contributed by atoms with Crippen LogP contribution in [0.4, 0.5) is 0 Å². The number of hydrogen-bond donors (Lipinski definition) is 0. The second-order valence-corrected chi connectivity index (χ2v) is 1.67. The third-order valence-electron chi connectivity index (χ3n) is 0.479. The van der Waals surface area contributed by atoms with Crippen molar-refractivity contribution in [3.63, 3.8) is 0 Å². The normalized spacial score (nSPS) is 8.12. The van der Waals surface area contributed by atoms with Crippen molar-refractivity contribution < 1.29 is 13.2 Å². The van der Waals surface area contributed by atoms with Crippen molar-refractivity contribution in [2.45, 2.75) is 13.3 Å². The minimum Gasteiger partial charge on any atom is -0.272 e. The zero-order chi connectivity index (χ0) is 6.57. The SMILES string of the molecule is CCC(=O)N=S(=O)=O. The first kappa shape index (κ1) is 7.29. The Hall–Kier alpha value is -0.710. The molecular formula is C3H5NO3S. The van der Waals surface area contributed by atoms with Gasteiger partial charge in [0, 0.05) is 6.42 Å². The van der Waals surface area contributed by atoms with E-state index in [2.05, 4.69) is 4.36 Å². The average molecular weight is 135 g/mol. The zero-order valence-electron chi connectivity index (χ0n) is 4.29. The van der Waals surface area contributed by atoms with E-state index in [0.717, 1.165) is 0 Å². The molecule has 0 aromatic heterocycles. The summed E-state index contributed by atoms with van der Waals surface area (Å²) >= 11 is 0. The van der Waals surface area contributed by atoms with Gasteiger partial charge in [0.05, 0.1) is 0 Å². The van der Waals surface area contributed by atoms with E-state index in [1.54, 1.807) is 6.92 Å².